The molecule has 0 aromatic heterocycles. The first-order valence-corrected chi connectivity index (χ1v) is 5.59. The minimum Gasteiger partial charge on any atom is -0.455 e. The number of hydrogen-bond acceptors (Lipinski definition) is 2. The summed E-state index contributed by atoms with van der Waals surface area (Å²) in [5, 5.41) is 0. The Labute approximate surface area is 91.0 Å². The number of rotatable bonds is 3. The molecular weight excluding hydrogens is 188 g/mol. The van der Waals surface area contributed by atoms with Crippen molar-refractivity contribution >= 4 is 5.97 Å². The van der Waals surface area contributed by atoms with Crippen molar-refractivity contribution in [3.63, 3.8) is 0 Å². The predicted molar refractivity (Wildman–Crippen MR) is 59.3 cm³/mol. The molecule has 2 bridgehead atoms. The summed E-state index contributed by atoms with van der Waals surface area (Å²) in [4.78, 5) is 11.6. The van der Waals surface area contributed by atoms with Gasteiger partial charge in [-0.3, -0.25) is 0 Å². The quantitative estimate of drug-likeness (QED) is 0.403. The van der Waals surface area contributed by atoms with E-state index in [4.69, 9.17) is 4.74 Å². The highest BCUT2D eigenvalue weighted by Gasteiger charge is 2.53. The van der Waals surface area contributed by atoms with E-state index < -0.39 is 0 Å². The molecule has 0 aromatic rings. The van der Waals surface area contributed by atoms with Crippen LogP contribution in [0, 0.1) is 11.8 Å². The van der Waals surface area contributed by atoms with Crippen LogP contribution in [0.2, 0.25) is 0 Å². The molecule has 3 atom stereocenters. The van der Waals surface area contributed by atoms with Crippen molar-refractivity contribution < 1.29 is 9.53 Å². The average Bonchev–Trinajstić information content (AvgIpc) is 2.73. The number of hydrogen-bond donors (Lipinski definition) is 0. The van der Waals surface area contributed by atoms with Crippen LogP contribution in [0.5, 0.6) is 0 Å². The smallest absolute Gasteiger partial charge is 0.333 e. The van der Waals surface area contributed by atoms with E-state index in [2.05, 4.69) is 13.2 Å². The monoisotopic (exact) mass is 206 g/mol. The third-order valence-electron chi connectivity index (χ3n) is 3.80. The number of ether oxygens (including phenoxy) is 1. The third-order valence-corrected chi connectivity index (χ3v) is 3.80. The van der Waals surface area contributed by atoms with Crippen LogP contribution in [-0.2, 0) is 9.53 Å². The SMILES string of the molecule is C=CC1CC2CCC1(OC(=O)C(=C)C)C2. The van der Waals surface area contributed by atoms with Crippen LogP contribution < -0.4 is 0 Å². The van der Waals surface area contributed by atoms with E-state index >= 15 is 0 Å². The zero-order chi connectivity index (χ0) is 11.1. The van der Waals surface area contributed by atoms with Gasteiger partial charge in [-0.15, -0.1) is 6.58 Å². The molecule has 0 saturated heterocycles. The zero-order valence-corrected chi connectivity index (χ0v) is 9.29. The lowest BCUT2D eigenvalue weighted by atomic mass is 9.85. The molecule has 0 amide bonds. The summed E-state index contributed by atoms with van der Waals surface area (Å²) in [5.74, 6) is 0.829. The maximum atomic E-state index is 11.6. The molecule has 2 saturated carbocycles. The molecule has 2 aliphatic carbocycles. The highest BCUT2D eigenvalue weighted by Crippen LogP contribution is 2.54. The Morgan fingerprint density at radius 1 is 1.60 bits per heavy atom. The van der Waals surface area contributed by atoms with E-state index in [0.29, 0.717) is 11.5 Å². The Morgan fingerprint density at radius 2 is 2.33 bits per heavy atom. The van der Waals surface area contributed by atoms with E-state index in [0.717, 1.165) is 25.2 Å². The van der Waals surface area contributed by atoms with Crippen molar-refractivity contribution in [1.82, 2.24) is 0 Å². The first kappa shape index (κ1) is 10.5. The van der Waals surface area contributed by atoms with Gasteiger partial charge in [0, 0.05) is 11.5 Å². The van der Waals surface area contributed by atoms with Crippen LogP contribution in [-0.4, -0.2) is 11.6 Å². The first-order valence-electron chi connectivity index (χ1n) is 5.59. The van der Waals surface area contributed by atoms with Crippen LogP contribution in [0.4, 0.5) is 0 Å². The Bertz CT molecular complexity index is 318. The maximum Gasteiger partial charge on any atom is 0.333 e. The Morgan fingerprint density at radius 3 is 2.87 bits per heavy atom. The van der Waals surface area contributed by atoms with Crippen LogP contribution >= 0.6 is 0 Å². The number of esters is 1. The second kappa shape index (κ2) is 3.51. The van der Waals surface area contributed by atoms with Crippen LogP contribution in [0.3, 0.4) is 0 Å². The minimum atomic E-state index is -0.248. The van der Waals surface area contributed by atoms with Gasteiger partial charge in [-0.25, -0.2) is 4.79 Å². The number of fused-ring (bicyclic) bond motifs is 2. The summed E-state index contributed by atoms with van der Waals surface area (Å²) in [6, 6.07) is 0. The van der Waals surface area contributed by atoms with E-state index in [1.54, 1.807) is 6.92 Å². The average molecular weight is 206 g/mol. The molecule has 15 heavy (non-hydrogen) atoms. The molecule has 2 fully saturated rings. The fourth-order valence-corrected chi connectivity index (χ4v) is 3.00. The lowest BCUT2D eigenvalue weighted by Gasteiger charge is -2.33. The normalized spacial score (nSPS) is 37.7. The fourth-order valence-electron chi connectivity index (χ4n) is 3.00. The molecule has 2 heteroatoms. The summed E-state index contributed by atoms with van der Waals surface area (Å²) in [5.41, 5.74) is 0.241. The van der Waals surface area contributed by atoms with Crippen LogP contribution in [0.15, 0.2) is 24.8 Å². The van der Waals surface area contributed by atoms with E-state index in [1.165, 1.54) is 6.42 Å². The van der Waals surface area contributed by atoms with Gasteiger partial charge in [-0.2, -0.15) is 0 Å². The van der Waals surface area contributed by atoms with Gasteiger partial charge in [0.25, 0.3) is 0 Å². The molecule has 82 valence electrons. The summed E-state index contributed by atoms with van der Waals surface area (Å²) >= 11 is 0. The van der Waals surface area contributed by atoms with E-state index in [-0.39, 0.29) is 11.6 Å². The van der Waals surface area contributed by atoms with Gasteiger partial charge >= 0.3 is 5.97 Å². The maximum absolute atomic E-state index is 11.6. The lowest BCUT2D eigenvalue weighted by molar-refractivity contribution is -0.156. The molecule has 2 rings (SSSR count). The van der Waals surface area contributed by atoms with Gasteiger partial charge in [0.15, 0.2) is 0 Å². The van der Waals surface area contributed by atoms with Crippen molar-refractivity contribution in [1.29, 1.82) is 0 Å². The molecule has 0 aliphatic heterocycles. The van der Waals surface area contributed by atoms with Crippen molar-refractivity contribution in [3.05, 3.63) is 24.8 Å². The van der Waals surface area contributed by atoms with Crippen molar-refractivity contribution in [2.45, 2.75) is 38.2 Å². The highest BCUT2D eigenvalue weighted by molar-refractivity contribution is 5.87. The molecule has 0 aromatic carbocycles. The van der Waals surface area contributed by atoms with Crippen LogP contribution in [0.1, 0.15) is 32.6 Å². The largest absolute Gasteiger partial charge is 0.455 e. The molecule has 0 heterocycles. The summed E-state index contributed by atoms with van der Waals surface area (Å²) in [6.07, 6.45) is 6.28. The molecule has 2 aliphatic rings. The Kier molecular flexibility index (Phi) is 2.45. The van der Waals surface area contributed by atoms with Gasteiger partial charge in [0.05, 0.1) is 0 Å². The molecule has 0 radical (unpaired) electrons. The van der Waals surface area contributed by atoms with Crippen molar-refractivity contribution in [2.24, 2.45) is 11.8 Å². The Hall–Kier alpha value is -1.05. The fraction of sp³-hybridized carbons (Fsp3) is 0.615. The van der Waals surface area contributed by atoms with Gasteiger partial charge in [0.2, 0.25) is 0 Å². The second-order valence-electron chi connectivity index (χ2n) is 4.92. The summed E-state index contributed by atoms with van der Waals surface area (Å²) < 4.78 is 5.64. The van der Waals surface area contributed by atoms with Gasteiger partial charge in [-0.1, -0.05) is 12.7 Å². The number of carbonyl (C=O) groups is 1. The van der Waals surface area contributed by atoms with Gasteiger partial charge in [0.1, 0.15) is 5.60 Å². The third kappa shape index (κ3) is 1.62. The zero-order valence-electron chi connectivity index (χ0n) is 9.29. The van der Waals surface area contributed by atoms with Crippen molar-refractivity contribution in [3.8, 4) is 0 Å². The highest BCUT2D eigenvalue weighted by atomic mass is 16.6. The van der Waals surface area contributed by atoms with E-state index in [1.807, 2.05) is 6.08 Å². The summed E-state index contributed by atoms with van der Waals surface area (Å²) in [7, 11) is 0. The number of carbonyl (C=O) groups excluding carboxylic acids is 1. The molecule has 2 nitrogen and oxygen atoms in total. The second-order valence-corrected chi connectivity index (χ2v) is 4.92. The van der Waals surface area contributed by atoms with Gasteiger partial charge in [-0.05, 0) is 38.5 Å². The first-order chi connectivity index (χ1) is 7.07. The standard InChI is InChI=1S/C13H18O2/c1-4-11-7-10-5-6-13(11,8-10)15-12(14)9(2)3/h4,10-11H,1-2,5-8H2,3H3. The lowest BCUT2D eigenvalue weighted by Crippen LogP contribution is -2.37. The van der Waals surface area contributed by atoms with Gasteiger partial charge < -0.3 is 4.74 Å². The molecule has 0 spiro atoms. The summed E-state index contributed by atoms with van der Waals surface area (Å²) in [6.45, 7) is 9.17. The van der Waals surface area contributed by atoms with Crippen molar-refractivity contribution in [2.75, 3.05) is 0 Å². The topological polar surface area (TPSA) is 26.3 Å². The molecule has 3 unspecified atom stereocenters. The predicted octanol–water partition coefficient (Wildman–Crippen LogP) is 2.85. The molecular formula is C13H18O2. The Balaban J connectivity index is 2.14. The minimum absolute atomic E-state index is 0.246. The van der Waals surface area contributed by atoms with E-state index in [9.17, 15) is 4.79 Å². The molecule has 0 N–H and O–H groups in total. The van der Waals surface area contributed by atoms with Crippen LogP contribution in [0.25, 0.3) is 0 Å².